The highest BCUT2D eigenvalue weighted by Gasteiger charge is 2.17. The van der Waals surface area contributed by atoms with E-state index in [1.54, 1.807) is 0 Å². The van der Waals surface area contributed by atoms with E-state index in [1.165, 1.54) is 5.75 Å². The maximum atomic E-state index is 8.56. The van der Waals surface area contributed by atoms with E-state index < -0.39 is 0 Å². The van der Waals surface area contributed by atoms with Crippen LogP contribution < -0.4 is 0 Å². The van der Waals surface area contributed by atoms with Crippen molar-refractivity contribution in [2.75, 3.05) is 25.1 Å². The van der Waals surface area contributed by atoms with Gasteiger partial charge in [0.05, 0.1) is 6.07 Å². The number of hydrogen-bond acceptors (Lipinski definition) is 3. The molecule has 0 spiro atoms. The van der Waals surface area contributed by atoms with Crippen molar-refractivity contribution in [3.05, 3.63) is 0 Å². The third-order valence-electron chi connectivity index (χ3n) is 1.55. The lowest BCUT2D eigenvalue weighted by atomic mass is 10.3. The highest BCUT2D eigenvalue weighted by Crippen LogP contribution is 2.13. The van der Waals surface area contributed by atoms with Gasteiger partial charge in [0.15, 0.2) is 0 Å². The van der Waals surface area contributed by atoms with Gasteiger partial charge in [-0.15, -0.1) is 0 Å². The maximum Gasteiger partial charge on any atom is 0.107 e. The molecule has 1 unspecified atom stereocenters. The number of rotatable bonds is 0. The standard InChI is InChI=1S/C6H10N2S/c1-8-2-3-9-5-6(8)4-7/h6H,2-3,5H2,1H3. The van der Waals surface area contributed by atoms with Crippen molar-refractivity contribution in [2.45, 2.75) is 6.04 Å². The summed E-state index contributed by atoms with van der Waals surface area (Å²) in [6, 6.07) is 2.42. The minimum Gasteiger partial charge on any atom is -0.290 e. The second-order valence-corrected chi connectivity index (χ2v) is 3.35. The van der Waals surface area contributed by atoms with Gasteiger partial charge in [-0.1, -0.05) is 0 Å². The Hall–Kier alpha value is -0.200. The van der Waals surface area contributed by atoms with E-state index in [0.717, 1.165) is 12.3 Å². The molecule has 1 saturated heterocycles. The molecular weight excluding hydrogens is 132 g/mol. The lowest BCUT2D eigenvalue weighted by Gasteiger charge is -2.26. The SMILES string of the molecule is CN1CCSCC1C#N. The minimum absolute atomic E-state index is 0.156. The van der Waals surface area contributed by atoms with Crippen LogP contribution in [0.15, 0.2) is 0 Å². The van der Waals surface area contributed by atoms with E-state index in [0.29, 0.717) is 0 Å². The summed E-state index contributed by atoms with van der Waals surface area (Å²) in [5, 5.41) is 8.56. The monoisotopic (exact) mass is 142 g/mol. The van der Waals surface area contributed by atoms with E-state index in [-0.39, 0.29) is 6.04 Å². The molecule has 1 atom stereocenters. The van der Waals surface area contributed by atoms with Crippen molar-refractivity contribution in [1.82, 2.24) is 4.90 Å². The summed E-state index contributed by atoms with van der Waals surface area (Å²) in [6.45, 7) is 1.06. The van der Waals surface area contributed by atoms with Gasteiger partial charge >= 0.3 is 0 Å². The van der Waals surface area contributed by atoms with Crippen LogP contribution in [0, 0.1) is 11.3 Å². The molecule has 1 rings (SSSR count). The molecule has 50 valence electrons. The lowest BCUT2D eigenvalue weighted by Crippen LogP contribution is -2.37. The Balaban J connectivity index is 2.41. The van der Waals surface area contributed by atoms with Crippen molar-refractivity contribution >= 4 is 11.8 Å². The summed E-state index contributed by atoms with van der Waals surface area (Å²) < 4.78 is 0. The van der Waals surface area contributed by atoms with Crippen LogP contribution in [-0.2, 0) is 0 Å². The molecule has 1 heterocycles. The molecule has 1 aliphatic heterocycles. The lowest BCUT2D eigenvalue weighted by molar-refractivity contribution is 0.318. The minimum atomic E-state index is 0.156. The number of hydrogen-bond donors (Lipinski definition) is 0. The van der Waals surface area contributed by atoms with E-state index in [1.807, 2.05) is 18.8 Å². The van der Waals surface area contributed by atoms with Crippen LogP contribution in [0.4, 0.5) is 0 Å². The molecule has 0 bridgehead atoms. The Morgan fingerprint density at radius 2 is 2.56 bits per heavy atom. The van der Waals surface area contributed by atoms with Crippen molar-refractivity contribution in [3.63, 3.8) is 0 Å². The first kappa shape index (κ1) is 6.91. The molecule has 0 amide bonds. The van der Waals surface area contributed by atoms with Crippen LogP contribution in [-0.4, -0.2) is 36.0 Å². The second-order valence-electron chi connectivity index (χ2n) is 2.20. The fourth-order valence-corrected chi connectivity index (χ4v) is 1.96. The molecule has 0 radical (unpaired) electrons. The zero-order valence-corrected chi connectivity index (χ0v) is 6.32. The Morgan fingerprint density at radius 3 is 3.00 bits per heavy atom. The van der Waals surface area contributed by atoms with Crippen molar-refractivity contribution in [1.29, 1.82) is 5.26 Å². The van der Waals surface area contributed by atoms with E-state index in [4.69, 9.17) is 5.26 Å². The molecule has 0 aromatic rings. The van der Waals surface area contributed by atoms with Gasteiger partial charge < -0.3 is 0 Å². The highest BCUT2D eigenvalue weighted by atomic mass is 32.2. The Bertz CT molecular complexity index is 130. The predicted octanol–water partition coefficient (Wildman–Crippen LogP) is 0.557. The van der Waals surface area contributed by atoms with Crippen LogP contribution in [0.3, 0.4) is 0 Å². The summed E-state index contributed by atoms with van der Waals surface area (Å²) in [6.07, 6.45) is 0. The summed E-state index contributed by atoms with van der Waals surface area (Å²) in [5.74, 6) is 2.15. The van der Waals surface area contributed by atoms with Gasteiger partial charge in [0.1, 0.15) is 6.04 Å². The van der Waals surface area contributed by atoms with Crippen LogP contribution in [0.5, 0.6) is 0 Å². The summed E-state index contributed by atoms with van der Waals surface area (Å²) in [5.41, 5.74) is 0. The van der Waals surface area contributed by atoms with Gasteiger partial charge in [-0.25, -0.2) is 0 Å². The van der Waals surface area contributed by atoms with Gasteiger partial charge in [0.25, 0.3) is 0 Å². The third-order valence-corrected chi connectivity index (χ3v) is 2.57. The van der Waals surface area contributed by atoms with Crippen LogP contribution in [0.1, 0.15) is 0 Å². The van der Waals surface area contributed by atoms with Crippen LogP contribution >= 0.6 is 11.8 Å². The molecule has 2 nitrogen and oxygen atoms in total. The molecule has 0 N–H and O–H groups in total. The molecule has 0 saturated carbocycles. The Labute approximate surface area is 59.8 Å². The second kappa shape index (κ2) is 3.09. The summed E-state index contributed by atoms with van der Waals surface area (Å²) in [4.78, 5) is 2.11. The average molecular weight is 142 g/mol. The van der Waals surface area contributed by atoms with Crippen molar-refractivity contribution in [2.24, 2.45) is 0 Å². The molecular formula is C6H10N2S. The molecule has 1 fully saturated rings. The van der Waals surface area contributed by atoms with Gasteiger partial charge in [0, 0.05) is 18.1 Å². The normalized spacial score (nSPS) is 29.6. The average Bonchev–Trinajstić information content (AvgIpc) is 1.89. The first-order valence-electron chi connectivity index (χ1n) is 3.02. The summed E-state index contributed by atoms with van der Waals surface area (Å²) >= 11 is 1.87. The first-order chi connectivity index (χ1) is 4.34. The zero-order chi connectivity index (χ0) is 6.69. The van der Waals surface area contributed by atoms with Crippen LogP contribution in [0.25, 0.3) is 0 Å². The van der Waals surface area contributed by atoms with E-state index >= 15 is 0 Å². The largest absolute Gasteiger partial charge is 0.290 e. The Kier molecular flexibility index (Phi) is 2.38. The molecule has 1 aliphatic rings. The van der Waals surface area contributed by atoms with Crippen molar-refractivity contribution in [3.8, 4) is 6.07 Å². The molecule has 3 heteroatoms. The van der Waals surface area contributed by atoms with E-state index in [2.05, 4.69) is 11.0 Å². The highest BCUT2D eigenvalue weighted by molar-refractivity contribution is 7.99. The molecule has 0 aromatic heterocycles. The predicted molar refractivity (Wildman–Crippen MR) is 39.4 cm³/mol. The van der Waals surface area contributed by atoms with Gasteiger partial charge in [0.2, 0.25) is 0 Å². The molecule has 0 aromatic carbocycles. The van der Waals surface area contributed by atoms with Gasteiger partial charge in [-0.2, -0.15) is 17.0 Å². The van der Waals surface area contributed by atoms with Gasteiger partial charge in [-0.3, -0.25) is 4.90 Å². The van der Waals surface area contributed by atoms with E-state index in [9.17, 15) is 0 Å². The third kappa shape index (κ3) is 1.60. The Morgan fingerprint density at radius 1 is 1.78 bits per heavy atom. The molecule has 0 aliphatic carbocycles. The summed E-state index contributed by atoms with van der Waals surface area (Å²) in [7, 11) is 2.01. The number of nitrogens with zero attached hydrogens (tertiary/aromatic N) is 2. The fraction of sp³-hybridized carbons (Fsp3) is 0.833. The topological polar surface area (TPSA) is 27.0 Å². The van der Waals surface area contributed by atoms with Crippen LogP contribution in [0.2, 0.25) is 0 Å². The first-order valence-corrected chi connectivity index (χ1v) is 4.17. The fourth-order valence-electron chi connectivity index (χ4n) is 0.822. The maximum absolute atomic E-state index is 8.56. The van der Waals surface area contributed by atoms with Crippen molar-refractivity contribution < 1.29 is 0 Å². The smallest absolute Gasteiger partial charge is 0.107 e. The quantitative estimate of drug-likeness (QED) is 0.494. The molecule has 9 heavy (non-hydrogen) atoms. The number of nitriles is 1. The zero-order valence-electron chi connectivity index (χ0n) is 5.50. The van der Waals surface area contributed by atoms with Gasteiger partial charge in [-0.05, 0) is 7.05 Å². The number of thioether (sulfide) groups is 1.